The minimum Gasteiger partial charge on any atom is -0.493 e. The second kappa shape index (κ2) is 8.37. The lowest BCUT2D eigenvalue weighted by molar-refractivity contribution is 0.355. The van der Waals surface area contributed by atoms with Crippen molar-refractivity contribution in [2.45, 2.75) is 17.8 Å². The summed E-state index contributed by atoms with van der Waals surface area (Å²) in [4.78, 5) is 19.9. The summed E-state index contributed by atoms with van der Waals surface area (Å²) >= 11 is 7.65. The standard InChI is InChI=1S/C20H18ClN5O3S/c1-11-4-5-12(6-14(11)21)26-10-22-25-20(26)30-9-18-23-15-8-17(29-3)16(28-2)7-13(15)19(27)24-18/h4-8,10H,9H2,1-3H3,(H,23,24,27). The van der Waals surface area contributed by atoms with E-state index in [1.165, 1.54) is 26.0 Å². The van der Waals surface area contributed by atoms with Crippen LogP contribution in [0, 0.1) is 6.92 Å². The van der Waals surface area contributed by atoms with E-state index in [9.17, 15) is 4.79 Å². The van der Waals surface area contributed by atoms with Gasteiger partial charge in [-0.2, -0.15) is 0 Å². The zero-order chi connectivity index (χ0) is 21.3. The van der Waals surface area contributed by atoms with Crippen molar-refractivity contribution in [2.75, 3.05) is 14.2 Å². The molecule has 0 aliphatic carbocycles. The van der Waals surface area contributed by atoms with Crippen molar-refractivity contribution < 1.29 is 9.47 Å². The summed E-state index contributed by atoms with van der Waals surface area (Å²) < 4.78 is 12.4. The maximum absolute atomic E-state index is 12.5. The van der Waals surface area contributed by atoms with Crippen molar-refractivity contribution in [1.29, 1.82) is 0 Å². The van der Waals surface area contributed by atoms with Crippen LogP contribution in [-0.4, -0.2) is 39.0 Å². The molecule has 0 atom stereocenters. The first-order chi connectivity index (χ1) is 14.5. The molecule has 0 spiro atoms. The van der Waals surface area contributed by atoms with Crippen LogP contribution in [0.3, 0.4) is 0 Å². The summed E-state index contributed by atoms with van der Waals surface area (Å²) in [7, 11) is 3.06. The van der Waals surface area contributed by atoms with Crippen molar-refractivity contribution in [3.8, 4) is 17.2 Å². The van der Waals surface area contributed by atoms with Crippen LogP contribution in [-0.2, 0) is 5.75 Å². The van der Waals surface area contributed by atoms with Crippen LogP contribution in [0.4, 0.5) is 0 Å². The number of methoxy groups -OCH3 is 2. The van der Waals surface area contributed by atoms with Gasteiger partial charge in [-0.1, -0.05) is 29.4 Å². The molecule has 0 radical (unpaired) electrons. The number of fused-ring (bicyclic) bond motifs is 1. The number of rotatable bonds is 6. The predicted octanol–water partition coefficient (Wildman–Crippen LogP) is 3.78. The molecule has 0 amide bonds. The number of benzene rings is 2. The van der Waals surface area contributed by atoms with Gasteiger partial charge in [0.2, 0.25) is 0 Å². The molecule has 1 N–H and O–H groups in total. The molecule has 0 unspecified atom stereocenters. The zero-order valence-corrected chi connectivity index (χ0v) is 18.0. The first-order valence-electron chi connectivity index (χ1n) is 8.94. The molecule has 30 heavy (non-hydrogen) atoms. The second-order valence-electron chi connectivity index (χ2n) is 6.44. The smallest absolute Gasteiger partial charge is 0.258 e. The second-order valence-corrected chi connectivity index (χ2v) is 7.79. The van der Waals surface area contributed by atoms with Gasteiger partial charge >= 0.3 is 0 Å². The number of thioether (sulfide) groups is 1. The monoisotopic (exact) mass is 443 g/mol. The maximum atomic E-state index is 12.5. The molecule has 2 aromatic carbocycles. The quantitative estimate of drug-likeness (QED) is 0.453. The SMILES string of the molecule is COc1cc2nc(CSc3nncn3-c3ccc(C)c(Cl)c3)[nH]c(=O)c2cc1OC. The molecule has 4 rings (SSSR count). The van der Waals surface area contributed by atoms with E-state index in [0.717, 1.165) is 11.3 Å². The van der Waals surface area contributed by atoms with Crippen LogP contribution in [0.25, 0.3) is 16.6 Å². The number of H-pyrrole nitrogens is 1. The molecule has 8 nitrogen and oxygen atoms in total. The third-order valence-corrected chi connectivity index (χ3v) is 5.91. The lowest BCUT2D eigenvalue weighted by atomic mass is 10.2. The number of nitrogens with zero attached hydrogens (tertiary/aromatic N) is 4. The van der Waals surface area contributed by atoms with Gasteiger partial charge in [-0.25, -0.2) is 4.98 Å². The first kappa shape index (κ1) is 20.2. The Balaban J connectivity index is 1.62. The molecule has 154 valence electrons. The largest absolute Gasteiger partial charge is 0.493 e. The van der Waals surface area contributed by atoms with Gasteiger partial charge < -0.3 is 14.5 Å². The van der Waals surface area contributed by atoms with Crippen molar-refractivity contribution in [3.05, 3.63) is 63.4 Å². The summed E-state index contributed by atoms with van der Waals surface area (Å²) in [5.74, 6) is 1.90. The number of aromatic amines is 1. The van der Waals surface area contributed by atoms with Crippen molar-refractivity contribution in [2.24, 2.45) is 0 Å². The molecular weight excluding hydrogens is 426 g/mol. The molecule has 0 saturated carbocycles. The van der Waals surface area contributed by atoms with Gasteiger partial charge in [-0.15, -0.1) is 10.2 Å². The summed E-state index contributed by atoms with van der Waals surface area (Å²) in [5.41, 5.74) is 2.13. The number of nitrogens with one attached hydrogen (secondary N) is 1. The normalized spacial score (nSPS) is 11.1. The fraction of sp³-hybridized carbons (Fsp3) is 0.200. The van der Waals surface area contributed by atoms with Crippen LogP contribution in [0.2, 0.25) is 5.02 Å². The van der Waals surface area contributed by atoms with E-state index in [-0.39, 0.29) is 5.56 Å². The molecule has 0 bridgehead atoms. The molecule has 10 heteroatoms. The average molecular weight is 444 g/mol. The highest BCUT2D eigenvalue weighted by Crippen LogP contribution is 2.30. The Morgan fingerprint density at radius 2 is 1.93 bits per heavy atom. The minimum absolute atomic E-state index is 0.247. The topological polar surface area (TPSA) is 94.9 Å². The fourth-order valence-electron chi connectivity index (χ4n) is 2.95. The van der Waals surface area contributed by atoms with E-state index >= 15 is 0 Å². The van der Waals surface area contributed by atoms with Crippen molar-refractivity contribution in [3.63, 3.8) is 0 Å². The molecule has 0 aliphatic heterocycles. The number of halogens is 1. The Bertz CT molecular complexity index is 1290. The third-order valence-electron chi connectivity index (χ3n) is 4.55. The Morgan fingerprint density at radius 1 is 1.17 bits per heavy atom. The van der Waals surface area contributed by atoms with Gasteiger partial charge in [0, 0.05) is 11.1 Å². The van der Waals surface area contributed by atoms with Crippen LogP contribution >= 0.6 is 23.4 Å². The van der Waals surface area contributed by atoms with Gasteiger partial charge in [-0.05, 0) is 30.7 Å². The molecule has 0 aliphatic rings. The van der Waals surface area contributed by atoms with Gasteiger partial charge in [0.15, 0.2) is 16.7 Å². The molecule has 4 aromatic rings. The van der Waals surface area contributed by atoms with E-state index in [4.69, 9.17) is 21.1 Å². The highest BCUT2D eigenvalue weighted by atomic mass is 35.5. The summed E-state index contributed by atoms with van der Waals surface area (Å²) in [5, 5.41) is 9.92. The first-order valence-corrected chi connectivity index (χ1v) is 10.3. The van der Waals surface area contributed by atoms with Crippen molar-refractivity contribution >= 4 is 34.3 Å². The number of hydrogen-bond donors (Lipinski definition) is 1. The van der Waals surface area contributed by atoms with Gasteiger partial charge in [0.1, 0.15) is 12.2 Å². The van der Waals surface area contributed by atoms with E-state index in [2.05, 4.69) is 20.2 Å². The number of aromatic nitrogens is 5. The Labute approximate surface area is 181 Å². The van der Waals surface area contributed by atoms with Crippen LogP contribution in [0.1, 0.15) is 11.4 Å². The van der Waals surface area contributed by atoms with Gasteiger partial charge in [0.25, 0.3) is 5.56 Å². The van der Waals surface area contributed by atoms with Gasteiger partial charge in [0.05, 0.1) is 36.6 Å². The number of hydrogen-bond acceptors (Lipinski definition) is 7. The Morgan fingerprint density at radius 3 is 2.67 bits per heavy atom. The third kappa shape index (κ3) is 3.86. The molecular formula is C20H18ClN5O3S. The zero-order valence-electron chi connectivity index (χ0n) is 16.5. The van der Waals surface area contributed by atoms with E-state index in [0.29, 0.717) is 44.2 Å². The van der Waals surface area contributed by atoms with Crippen LogP contribution in [0.15, 0.2) is 46.6 Å². The van der Waals surface area contributed by atoms with E-state index in [1.807, 2.05) is 29.7 Å². The van der Waals surface area contributed by atoms with Crippen LogP contribution in [0.5, 0.6) is 11.5 Å². The highest BCUT2D eigenvalue weighted by molar-refractivity contribution is 7.98. The Hall–Kier alpha value is -3.04. The summed E-state index contributed by atoms with van der Waals surface area (Å²) in [6.45, 7) is 1.94. The summed E-state index contributed by atoms with van der Waals surface area (Å²) in [6.07, 6.45) is 1.62. The van der Waals surface area contributed by atoms with Crippen LogP contribution < -0.4 is 15.0 Å². The Kier molecular flexibility index (Phi) is 5.65. The fourth-order valence-corrected chi connectivity index (χ4v) is 3.92. The van der Waals surface area contributed by atoms with Gasteiger partial charge in [-0.3, -0.25) is 9.36 Å². The number of ether oxygens (including phenoxy) is 2. The molecule has 0 saturated heterocycles. The molecule has 0 fully saturated rings. The van der Waals surface area contributed by atoms with E-state index < -0.39 is 0 Å². The maximum Gasteiger partial charge on any atom is 0.258 e. The lowest BCUT2D eigenvalue weighted by Gasteiger charge is -2.10. The van der Waals surface area contributed by atoms with Crippen molar-refractivity contribution in [1.82, 2.24) is 24.7 Å². The highest BCUT2D eigenvalue weighted by Gasteiger charge is 2.13. The molecule has 2 heterocycles. The summed E-state index contributed by atoms with van der Waals surface area (Å²) in [6, 6.07) is 9.06. The minimum atomic E-state index is -0.247. The predicted molar refractivity (Wildman–Crippen MR) is 116 cm³/mol. The van der Waals surface area contributed by atoms with E-state index in [1.54, 1.807) is 18.5 Å². The molecule has 2 aromatic heterocycles. The average Bonchev–Trinajstić information content (AvgIpc) is 3.22. The number of aryl methyl sites for hydroxylation is 1. The lowest BCUT2D eigenvalue weighted by Crippen LogP contribution is -2.12.